The number of hydrogen-bond donors (Lipinski definition) is 0. The van der Waals surface area contributed by atoms with Crippen LogP contribution in [0.5, 0.6) is 5.75 Å². The van der Waals surface area contributed by atoms with Crippen LogP contribution in [-0.4, -0.2) is 19.1 Å². The van der Waals surface area contributed by atoms with E-state index in [2.05, 4.69) is 43.0 Å². The molecule has 0 saturated heterocycles. The lowest BCUT2D eigenvalue weighted by molar-refractivity contribution is -0.131. The van der Waals surface area contributed by atoms with Crippen molar-refractivity contribution < 1.29 is 9.53 Å². The number of rotatable bonds is 10. The number of benzene rings is 2. The highest BCUT2D eigenvalue weighted by molar-refractivity contribution is 7.99. The highest BCUT2D eigenvalue weighted by Crippen LogP contribution is 2.31. The first kappa shape index (κ1) is 20.4. The molecule has 2 aromatic rings. The van der Waals surface area contributed by atoms with Gasteiger partial charge in [-0.2, -0.15) is 0 Å². The van der Waals surface area contributed by atoms with E-state index in [4.69, 9.17) is 4.74 Å². The van der Waals surface area contributed by atoms with Crippen LogP contribution in [0.3, 0.4) is 0 Å². The molecule has 26 heavy (non-hydrogen) atoms. The Morgan fingerprint density at radius 2 is 1.62 bits per heavy atom. The topological polar surface area (TPSA) is 29.5 Å². The van der Waals surface area contributed by atoms with Crippen LogP contribution >= 0.6 is 11.8 Å². The predicted molar refractivity (Wildman–Crippen MR) is 110 cm³/mol. The Morgan fingerprint density at radius 1 is 0.962 bits per heavy atom. The number of esters is 1. The zero-order valence-corrected chi connectivity index (χ0v) is 16.8. The average Bonchev–Trinajstić information content (AvgIpc) is 2.63. The Hall–Kier alpha value is -1.94. The van der Waals surface area contributed by atoms with Gasteiger partial charge in [0.2, 0.25) is 0 Å². The quantitative estimate of drug-likeness (QED) is 0.369. The number of hydrogen-bond acceptors (Lipinski definition) is 4. The maximum atomic E-state index is 11.0. The third-order valence-corrected chi connectivity index (χ3v) is 5.06. The van der Waals surface area contributed by atoms with Crippen LogP contribution in [0.1, 0.15) is 46.5 Å². The van der Waals surface area contributed by atoms with Crippen molar-refractivity contribution in [2.75, 3.05) is 18.0 Å². The number of anilines is 1. The Balaban J connectivity index is 2.07. The molecule has 2 rings (SSSR count). The minimum atomic E-state index is -0.294. The standard InChI is InChI=1S/C22H29NO2S/c1-4-6-15-23(16-7-5-2)19-9-8-10-22(17-19)26-21-13-11-20(12-14-21)25-18(3)24/h8-14,17H,4-7,15-16H2,1-3H3. The van der Waals surface area contributed by atoms with E-state index in [-0.39, 0.29) is 5.97 Å². The Kier molecular flexibility index (Phi) is 8.56. The van der Waals surface area contributed by atoms with Crippen molar-refractivity contribution in [3.63, 3.8) is 0 Å². The molecule has 0 radical (unpaired) electrons. The van der Waals surface area contributed by atoms with Crippen LogP contribution in [0.2, 0.25) is 0 Å². The number of unbranched alkanes of at least 4 members (excludes halogenated alkanes) is 2. The SMILES string of the molecule is CCCCN(CCCC)c1cccc(Sc2ccc(OC(C)=O)cc2)c1. The van der Waals surface area contributed by atoms with Crippen molar-refractivity contribution in [2.45, 2.75) is 56.2 Å². The van der Waals surface area contributed by atoms with Gasteiger partial charge in [0.25, 0.3) is 0 Å². The molecular weight excluding hydrogens is 342 g/mol. The van der Waals surface area contributed by atoms with E-state index in [0.29, 0.717) is 5.75 Å². The molecule has 0 N–H and O–H groups in total. The second-order valence-electron chi connectivity index (χ2n) is 6.36. The molecule has 0 amide bonds. The van der Waals surface area contributed by atoms with Gasteiger partial charge in [-0.3, -0.25) is 4.79 Å². The molecule has 0 aliphatic heterocycles. The van der Waals surface area contributed by atoms with Crippen LogP contribution in [-0.2, 0) is 4.79 Å². The van der Waals surface area contributed by atoms with Crippen LogP contribution in [0.15, 0.2) is 58.3 Å². The number of nitrogens with zero attached hydrogens (tertiary/aromatic N) is 1. The molecule has 2 aromatic carbocycles. The van der Waals surface area contributed by atoms with Gasteiger partial charge in [-0.05, 0) is 55.3 Å². The van der Waals surface area contributed by atoms with Gasteiger partial charge in [0.1, 0.15) is 5.75 Å². The third-order valence-electron chi connectivity index (χ3n) is 4.07. The minimum absolute atomic E-state index is 0.294. The normalized spacial score (nSPS) is 10.6. The molecule has 0 bridgehead atoms. The van der Waals surface area contributed by atoms with Crippen LogP contribution in [0.25, 0.3) is 0 Å². The number of ether oxygens (including phenoxy) is 1. The van der Waals surface area contributed by atoms with Gasteiger partial charge in [0, 0.05) is 35.5 Å². The fraction of sp³-hybridized carbons (Fsp3) is 0.409. The van der Waals surface area contributed by atoms with E-state index < -0.39 is 0 Å². The summed E-state index contributed by atoms with van der Waals surface area (Å²) in [6, 6.07) is 16.4. The van der Waals surface area contributed by atoms with Gasteiger partial charge >= 0.3 is 5.97 Å². The van der Waals surface area contributed by atoms with E-state index in [1.807, 2.05) is 24.3 Å². The second kappa shape index (κ2) is 10.9. The van der Waals surface area contributed by atoms with Crippen LogP contribution < -0.4 is 9.64 Å². The van der Waals surface area contributed by atoms with Crippen molar-refractivity contribution >= 4 is 23.4 Å². The molecule has 0 spiro atoms. The fourth-order valence-electron chi connectivity index (χ4n) is 2.69. The molecule has 140 valence electrons. The molecule has 4 heteroatoms. The summed E-state index contributed by atoms with van der Waals surface area (Å²) in [6.07, 6.45) is 4.87. The molecule has 0 atom stereocenters. The molecule has 0 aliphatic carbocycles. The summed E-state index contributed by atoms with van der Waals surface area (Å²) in [5.74, 6) is 0.290. The zero-order valence-electron chi connectivity index (χ0n) is 16.0. The fourth-order valence-corrected chi connectivity index (χ4v) is 3.56. The molecule has 0 unspecified atom stereocenters. The molecular formula is C22H29NO2S. The Bertz CT molecular complexity index is 677. The maximum Gasteiger partial charge on any atom is 0.308 e. The summed E-state index contributed by atoms with van der Waals surface area (Å²) in [7, 11) is 0. The van der Waals surface area contributed by atoms with Gasteiger partial charge in [0.15, 0.2) is 0 Å². The summed E-state index contributed by atoms with van der Waals surface area (Å²) in [5.41, 5.74) is 1.30. The second-order valence-corrected chi connectivity index (χ2v) is 7.51. The molecule has 0 aromatic heterocycles. The molecule has 0 fully saturated rings. The Labute approximate surface area is 161 Å². The molecule has 3 nitrogen and oxygen atoms in total. The largest absolute Gasteiger partial charge is 0.427 e. The molecule has 0 saturated carbocycles. The first-order valence-corrected chi connectivity index (χ1v) is 10.3. The van der Waals surface area contributed by atoms with Crippen molar-refractivity contribution in [3.05, 3.63) is 48.5 Å². The van der Waals surface area contributed by atoms with E-state index in [1.54, 1.807) is 11.8 Å². The van der Waals surface area contributed by atoms with Gasteiger partial charge in [-0.25, -0.2) is 0 Å². The lowest BCUT2D eigenvalue weighted by Crippen LogP contribution is -2.25. The van der Waals surface area contributed by atoms with E-state index in [1.165, 1.54) is 43.2 Å². The third kappa shape index (κ3) is 6.75. The average molecular weight is 372 g/mol. The highest BCUT2D eigenvalue weighted by Gasteiger charge is 2.07. The van der Waals surface area contributed by atoms with Crippen molar-refractivity contribution in [1.82, 2.24) is 0 Å². The smallest absolute Gasteiger partial charge is 0.308 e. The number of carbonyl (C=O) groups is 1. The van der Waals surface area contributed by atoms with Gasteiger partial charge in [-0.1, -0.05) is 44.5 Å². The monoisotopic (exact) mass is 371 g/mol. The predicted octanol–water partition coefficient (Wildman–Crippen LogP) is 6.17. The highest BCUT2D eigenvalue weighted by atomic mass is 32.2. The van der Waals surface area contributed by atoms with Gasteiger partial charge < -0.3 is 9.64 Å². The van der Waals surface area contributed by atoms with Crippen LogP contribution in [0.4, 0.5) is 5.69 Å². The van der Waals surface area contributed by atoms with Crippen molar-refractivity contribution in [3.8, 4) is 5.75 Å². The minimum Gasteiger partial charge on any atom is -0.427 e. The zero-order chi connectivity index (χ0) is 18.8. The van der Waals surface area contributed by atoms with E-state index in [9.17, 15) is 4.79 Å². The molecule has 0 heterocycles. The van der Waals surface area contributed by atoms with Crippen molar-refractivity contribution in [2.24, 2.45) is 0 Å². The van der Waals surface area contributed by atoms with Crippen molar-refractivity contribution in [1.29, 1.82) is 0 Å². The summed E-state index contributed by atoms with van der Waals surface area (Å²) in [4.78, 5) is 15.9. The summed E-state index contributed by atoms with van der Waals surface area (Å²) in [6.45, 7) is 8.12. The summed E-state index contributed by atoms with van der Waals surface area (Å²) >= 11 is 1.73. The first-order valence-electron chi connectivity index (χ1n) is 9.43. The molecule has 0 aliphatic rings. The van der Waals surface area contributed by atoms with Gasteiger partial charge in [0.05, 0.1) is 0 Å². The Morgan fingerprint density at radius 3 is 2.19 bits per heavy atom. The van der Waals surface area contributed by atoms with E-state index in [0.717, 1.165) is 18.0 Å². The summed E-state index contributed by atoms with van der Waals surface area (Å²) < 4.78 is 5.09. The number of carbonyl (C=O) groups excluding carboxylic acids is 1. The first-order chi connectivity index (χ1) is 12.6. The van der Waals surface area contributed by atoms with Crippen LogP contribution in [0, 0.1) is 0 Å². The maximum absolute atomic E-state index is 11.0. The lowest BCUT2D eigenvalue weighted by atomic mass is 10.2. The lowest BCUT2D eigenvalue weighted by Gasteiger charge is -2.25. The van der Waals surface area contributed by atoms with Gasteiger partial charge in [-0.15, -0.1) is 0 Å². The summed E-state index contributed by atoms with van der Waals surface area (Å²) in [5, 5.41) is 0. The van der Waals surface area contributed by atoms with E-state index >= 15 is 0 Å².